The minimum absolute atomic E-state index is 0.0675. The van der Waals surface area contributed by atoms with Crippen LogP contribution < -0.4 is 10.6 Å². The van der Waals surface area contributed by atoms with E-state index in [-0.39, 0.29) is 28.8 Å². The van der Waals surface area contributed by atoms with Gasteiger partial charge in [0.05, 0.1) is 22.9 Å². The lowest BCUT2D eigenvalue weighted by atomic mass is 9.70. The van der Waals surface area contributed by atoms with Crippen LogP contribution in [0.1, 0.15) is 51.3 Å². The van der Waals surface area contributed by atoms with Crippen molar-refractivity contribution < 1.29 is 18.0 Å². The van der Waals surface area contributed by atoms with Gasteiger partial charge in [0.2, 0.25) is 0 Å². The van der Waals surface area contributed by atoms with Crippen molar-refractivity contribution in [1.29, 1.82) is 0 Å². The lowest BCUT2D eigenvalue weighted by Gasteiger charge is -2.39. The SMILES string of the molecule is CC1CC(NC(=O)C(=O)Nc2c3c(nn2-c2ccccc2)CS(=O)(=O)C3)CC(C)(C)C1. The van der Waals surface area contributed by atoms with Gasteiger partial charge in [-0.3, -0.25) is 9.59 Å². The van der Waals surface area contributed by atoms with Crippen LogP contribution in [0.2, 0.25) is 0 Å². The maximum atomic E-state index is 12.8. The minimum atomic E-state index is -3.31. The first kappa shape index (κ1) is 21.5. The summed E-state index contributed by atoms with van der Waals surface area (Å²) < 4.78 is 25.7. The van der Waals surface area contributed by atoms with E-state index < -0.39 is 21.7 Å². The summed E-state index contributed by atoms with van der Waals surface area (Å²) in [5, 5.41) is 9.90. The summed E-state index contributed by atoms with van der Waals surface area (Å²) in [6.07, 6.45) is 2.73. The average molecular weight is 445 g/mol. The van der Waals surface area contributed by atoms with E-state index in [1.54, 1.807) is 12.1 Å². The molecule has 1 aromatic heterocycles. The number of carbonyl (C=O) groups excluding carboxylic acids is 2. The number of para-hydroxylation sites is 1. The summed E-state index contributed by atoms with van der Waals surface area (Å²) in [4.78, 5) is 25.4. The Morgan fingerprint density at radius 3 is 2.48 bits per heavy atom. The van der Waals surface area contributed by atoms with E-state index in [4.69, 9.17) is 0 Å². The first-order valence-corrected chi connectivity index (χ1v) is 12.3. The molecule has 0 saturated heterocycles. The van der Waals surface area contributed by atoms with Crippen molar-refractivity contribution in [2.24, 2.45) is 11.3 Å². The normalized spacial score (nSPS) is 23.7. The number of sulfone groups is 1. The molecule has 2 aliphatic rings. The third-order valence-electron chi connectivity index (χ3n) is 5.95. The number of aromatic nitrogens is 2. The Kier molecular flexibility index (Phi) is 5.41. The summed E-state index contributed by atoms with van der Waals surface area (Å²) in [6.45, 7) is 6.50. The van der Waals surface area contributed by atoms with E-state index in [9.17, 15) is 18.0 Å². The first-order chi connectivity index (χ1) is 14.5. The number of nitrogens with one attached hydrogen (secondary N) is 2. The Balaban J connectivity index is 1.56. The molecule has 0 bridgehead atoms. The molecule has 1 saturated carbocycles. The van der Waals surface area contributed by atoms with E-state index in [0.29, 0.717) is 22.9 Å². The highest BCUT2D eigenvalue weighted by Gasteiger charge is 2.36. The minimum Gasteiger partial charge on any atom is -0.345 e. The highest BCUT2D eigenvalue weighted by molar-refractivity contribution is 7.90. The Morgan fingerprint density at radius 1 is 1.10 bits per heavy atom. The van der Waals surface area contributed by atoms with Gasteiger partial charge in [0.15, 0.2) is 9.84 Å². The second-order valence-electron chi connectivity index (χ2n) is 9.59. The molecule has 0 radical (unpaired) electrons. The zero-order valence-electron chi connectivity index (χ0n) is 18.0. The van der Waals surface area contributed by atoms with Crippen molar-refractivity contribution in [3.8, 4) is 5.69 Å². The highest BCUT2D eigenvalue weighted by atomic mass is 32.2. The summed E-state index contributed by atoms with van der Waals surface area (Å²) in [6, 6.07) is 9.04. The van der Waals surface area contributed by atoms with Crippen LogP contribution in [0.15, 0.2) is 30.3 Å². The standard InChI is InChI=1S/C22H28N4O4S/c1-14-9-15(11-22(2,3)10-14)23-20(27)21(28)24-19-17-12-31(29,30)13-18(17)25-26(19)16-7-5-4-6-8-16/h4-8,14-15H,9-13H2,1-3H3,(H,23,27)(H,24,28). The molecule has 1 aromatic carbocycles. The molecule has 2 atom stereocenters. The Hall–Kier alpha value is -2.68. The molecular formula is C22H28N4O4S. The van der Waals surface area contributed by atoms with Crippen LogP contribution in [0.25, 0.3) is 5.69 Å². The van der Waals surface area contributed by atoms with Gasteiger partial charge in [-0.05, 0) is 42.7 Å². The Labute approximate surface area is 182 Å². The predicted octanol–water partition coefficient (Wildman–Crippen LogP) is 2.57. The maximum Gasteiger partial charge on any atom is 0.314 e. The molecule has 1 aliphatic heterocycles. The summed E-state index contributed by atoms with van der Waals surface area (Å²) >= 11 is 0. The van der Waals surface area contributed by atoms with Crippen LogP contribution in [-0.4, -0.2) is 36.1 Å². The quantitative estimate of drug-likeness (QED) is 0.707. The van der Waals surface area contributed by atoms with Crippen molar-refractivity contribution in [3.63, 3.8) is 0 Å². The van der Waals surface area contributed by atoms with Crippen LogP contribution in [0.5, 0.6) is 0 Å². The van der Waals surface area contributed by atoms with Crippen LogP contribution in [0, 0.1) is 11.3 Å². The third-order valence-corrected chi connectivity index (χ3v) is 7.39. The fourth-order valence-corrected chi connectivity index (χ4v) is 6.49. The van der Waals surface area contributed by atoms with E-state index in [1.807, 2.05) is 18.2 Å². The monoisotopic (exact) mass is 444 g/mol. The van der Waals surface area contributed by atoms with Crippen molar-refractivity contribution in [2.75, 3.05) is 5.32 Å². The van der Waals surface area contributed by atoms with Crippen LogP contribution >= 0.6 is 0 Å². The number of anilines is 1. The molecule has 8 nitrogen and oxygen atoms in total. The third kappa shape index (κ3) is 4.66. The number of hydrogen-bond acceptors (Lipinski definition) is 5. The number of amides is 2. The Bertz CT molecular complexity index is 1120. The molecule has 4 rings (SSSR count). The number of rotatable bonds is 3. The van der Waals surface area contributed by atoms with Gasteiger partial charge >= 0.3 is 11.8 Å². The Morgan fingerprint density at radius 2 is 1.81 bits per heavy atom. The van der Waals surface area contributed by atoms with Gasteiger partial charge in [0.25, 0.3) is 0 Å². The van der Waals surface area contributed by atoms with Crippen molar-refractivity contribution >= 4 is 27.5 Å². The summed E-state index contributed by atoms with van der Waals surface area (Å²) in [5.41, 5.74) is 1.63. The topological polar surface area (TPSA) is 110 Å². The lowest BCUT2D eigenvalue weighted by Crippen LogP contribution is -2.46. The average Bonchev–Trinajstić information content (AvgIpc) is 3.13. The second-order valence-corrected chi connectivity index (χ2v) is 11.7. The number of benzene rings is 1. The molecule has 1 aliphatic carbocycles. The van der Waals surface area contributed by atoms with E-state index >= 15 is 0 Å². The summed E-state index contributed by atoms with van der Waals surface area (Å²) in [5.74, 6) is -1.22. The van der Waals surface area contributed by atoms with Gasteiger partial charge in [-0.15, -0.1) is 0 Å². The zero-order chi connectivity index (χ0) is 22.4. The van der Waals surface area contributed by atoms with Crippen molar-refractivity contribution in [2.45, 2.75) is 57.6 Å². The van der Waals surface area contributed by atoms with E-state index in [2.05, 4.69) is 36.5 Å². The molecule has 0 spiro atoms. The molecular weight excluding hydrogens is 416 g/mol. The van der Waals surface area contributed by atoms with Crippen LogP contribution in [0.4, 0.5) is 5.82 Å². The number of hydrogen-bond donors (Lipinski definition) is 2. The maximum absolute atomic E-state index is 12.8. The predicted molar refractivity (Wildman–Crippen MR) is 117 cm³/mol. The molecule has 9 heteroatoms. The highest BCUT2D eigenvalue weighted by Crippen LogP contribution is 2.38. The zero-order valence-corrected chi connectivity index (χ0v) is 18.8. The van der Waals surface area contributed by atoms with E-state index in [1.165, 1.54) is 4.68 Å². The van der Waals surface area contributed by atoms with Gasteiger partial charge in [-0.2, -0.15) is 5.10 Å². The molecule has 2 heterocycles. The number of carbonyl (C=O) groups is 2. The summed E-state index contributed by atoms with van der Waals surface area (Å²) in [7, 11) is -3.31. The molecule has 2 unspecified atom stereocenters. The molecule has 1 fully saturated rings. The molecule has 31 heavy (non-hydrogen) atoms. The van der Waals surface area contributed by atoms with Crippen molar-refractivity contribution in [3.05, 3.63) is 41.6 Å². The largest absolute Gasteiger partial charge is 0.345 e. The van der Waals surface area contributed by atoms with Gasteiger partial charge in [0, 0.05) is 11.6 Å². The van der Waals surface area contributed by atoms with Gasteiger partial charge < -0.3 is 10.6 Å². The fourth-order valence-electron chi connectivity index (χ4n) is 5.00. The van der Waals surface area contributed by atoms with Crippen LogP contribution in [-0.2, 0) is 30.9 Å². The number of nitrogens with zero attached hydrogens (tertiary/aromatic N) is 2. The molecule has 2 amide bonds. The smallest absolute Gasteiger partial charge is 0.314 e. The first-order valence-electron chi connectivity index (χ1n) is 10.5. The van der Waals surface area contributed by atoms with Crippen LogP contribution in [0.3, 0.4) is 0 Å². The fraction of sp³-hybridized carbons (Fsp3) is 0.500. The lowest BCUT2D eigenvalue weighted by molar-refractivity contribution is -0.137. The number of fused-ring (bicyclic) bond motifs is 1. The molecule has 2 aromatic rings. The van der Waals surface area contributed by atoms with Gasteiger partial charge in [-0.1, -0.05) is 39.0 Å². The molecule has 166 valence electrons. The van der Waals surface area contributed by atoms with Gasteiger partial charge in [0.1, 0.15) is 5.82 Å². The second kappa shape index (κ2) is 7.78. The van der Waals surface area contributed by atoms with E-state index in [0.717, 1.165) is 19.3 Å². The molecule has 2 N–H and O–H groups in total. The van der Waals surface area contributed by atoms with Gasteiger partial charge in [-0.25, -0.2) is 13.1 Å². The van der Waals surface area contributed by atoms with Crippen molar-refractivity contribution in [1.82, 2.24) is 15.1 Å².